The van der Waals surface area contributed by atoms with Gasteiger partial charge in [-0.3, -0.25) is 0 Å². The van der Waals surface area contributed by atoms with Crippen LogP contribution in [0.15, 0.2) is 24.3 Å². The number of rotatable bonds is 5. The van der Waals surface area contributed by atoms with E-state index in [0.29, 0.717) is 6.54 Å². The van der Waals surface area contributed by atoms with Crippen LogP contribution in [0.4, 0.5) is 0 Å². The van der Waals surface area contributed by atoms with Crippen molar-refractivity contribution in [2.24, 2.45) is 0 Å². The van der Waals surface area contributed by atoms with Crippen molar-refractivity contribution in [3.8, 4) is 5.75 Å². The van der Waals surface area contributed by atoms with Gasteiger partial charge in [0.1, 0.15) is 5.75 Å². The van der Waals surface area contributed by atoms with Gasteiger partial charge in [-0.05, 0) is 12.0 Å². The SMILES string of the molecule is COC(=O)c1nnn(Cc2ccccc2OC)c1C(C)C. The Morgan fingerprint density at radius 3 is 2.62 bits per heavy atom. The van der Waals surface area contributed by atoms with E-state index in [-0.39, 0.29) is 11.6 Å². The van der Waals surface area contributed by atoms with Gasteiger partial charge in [-0.2, -0.15) is 0 Å². The normalized spacial score (nSPS) is 10.7. The number of esters is 1. The molecule has 0 N–H and O–H groups in total. The molecule has 1 aromatic heterocycles. The van der Waals surface area contributed by atoms with Crippen molar-refractivity contribution in [2.45, 2.75) is 26.3 Å². The molecule has 0 unspecified atom stereocenters. The first kappa shape index (κ1) is 15.0. The molecule has 0 fully saturated rings. The number of carbonyl (C=O) groups excluding carboxylic acids is 1. The molecule has 1 heterocycles. The van der Waals surface area contributed by atoms with E-state index in [4.69, 9.17) is 9.47 Å². The first-order chi connectivity index (χ1) is 10.1. The van der Waals surface area contributed by atoms with Crippen LogP contribution in [0, 0.1) is 0 Å². The molecule has 21 heavy (non-hydrogen) atoms. The lowest BCUT2D eigenvalue weighted by Crippen LogP contribution is -2.12. The number of nitrogens with zero attached hydrogens (tertiary/aromatic N) is 3. The third-order valence-corrected chi connectivity index (χ3v) is 3.21. The quantitative estimate of drug-likeness (QED) is 0.790. The van der Waals surface area contributed by atoms with Crippen LogP contribution in [0.1, 0.15) is 41.5 Å². The second-order valence-corrected chi connectivity index (χ2v) is 4.94. The second kappa shape index (κ2) is 6.39. The highest BCUT2D eigenvalue weighted by molar-refractivity contribution is 5.88. The summed E-state index contributed by atoms with van der Waals surface area (Å²) in [4.78, 5) is 11.8. The molecule has 0 aliphatic rings. The molecule has 6 nitrogen and oxygen atoms in total. The lowest BCUT2D eigenvalue weighted by atomic mass is 10.1. The van der Waals surface area contributed by atoms with Gasteiger partial charge in [0, 0.05) is 5.56 Å². The molecule has 0 saturated heterocycles. The molecule has 1 aromatic carbocycles. The number of hydrogen-bond acceptors (Lipinski definition) is 5. The predicted octanol–water partition coefficient (Wildman–Crippen LogP) is 2.25. The van der Waals surface area contributed by atoms with Crippen LogP contribution in [0.3, 0.4) is 0 Å². The summed E-state index contributed by atoms with van der Waals surface area (Å²) >= 11 is 0. The summed E-state index contributed by atoms with van der Waals surface area (Å²) in [6, 6.07) is 7.70. The van der Waals surface area contributed by atoms with Crippen LogP contribution in [0.25, 0.3) is 0 Å². The molecular formula is C15H19N3O3. The number of carbonyl (C=O) groups is 1. The largest absolute Gasteiger partial charge is 0.496 e. The molecule has 0 aliphatic carbocycles. The highest BCUT2D eigenvalue weighted by Gasteiger charge is 2.23. The van der Waals surface area contributed by atoms with Crippen molar-refractivity contribution < 1.29 is 14.3 Å². The number of ether oxygens (including phenoxy) is 2. The van der Waals surface area contributed by atoms with E-state index in [9.17, 15) is 4.79 Å². The average molecular weight is 289 g/mol. The summed E-state index contributed by atoms with van der Waals surface area (Å²) in [7, 11) is 2.97. The maximum absolute atomic E-state index is 11.8. The Labute approximate surface area is 123 Å². The minimum Gasteiger partial charge on any atom is -0.496 e. The monoisotopic (exact) mass is 289 g/mol. The van der Waals surface area contributed by atoms with Crippen molar-refractivity contribution in [3.63, 3.8) is 0 Å². The third-order valence-electron chi connectivity index (χ3n) is 3.21. The Morgan fingerprint density at radius 1 is 1.29 bits per heavy atom. The van der Waals surface area contributed by atoms with Crippen LogP contribution < -0.4 is 4.74 Å². The van der Waals surface area contributed by atoms with Crippen LogP contribution in [-0.4, -0.2) is 35.2 Å². The number of methoxy groups -OCH3 is 2. The van der Waals surface area contributed by atoms with Gasteiger partial charge in [0.15, 0.2) is 5.69 Å². The van der Waals surface area contributed by atoms with Gasteiger partial charge in [0.05, 0.1) is 26.5 Å². The Kier molecular flexibility index (Phi) is 4.57. The zero-order valence-corrected chi connectivity index (χ0v) is 12.7. The van der Waals surface area contributed by atoms with Gasteiger partial charge in [-0.25, -0.2) is 9.48 Å². The maximum atomic E-state index is 11.8. The zero-order chi connectivity index (χ0) is 15.4. The van der Waals surface area contributed by atoms with Gasteiger partial charge in [0.25, 0.3) is 0 Å². The van der Waals surface area contributed by atoms with Gasteiger partial charge < -0.3 is 9.47 Å². The summed E-state index contributed by atoms with van der Waals surface area (Å²) in [6.07, 6.45) is 0. The van der Waals surface area contributed by atoms with E-state index in [1.807, 2.05) is 38.1 Å². The molecule has 112 valence electrons. The molecule has 6 heteroatoms. The summed E-state index contributed by atoms with van der Waals surface area (Å²) < 4.78 is 11.8. The van der Waals surface area contributed by atoms with Crippen molar-refractivity contribution in [3.05, 3.63) is 41.2 Å². The fourth-order valence-corrected chi connectivity index (χ4v) is 2.25. The molecule has 0 saturated carbocycles. The fourth-order valence-electron chi connectivity index (χ4n) is 2.25. The van der Waals surface area contributed by atoms with E-state index in [1.165, 1.54) is 7.11 Å². The number of benzene rings is 1. The molecule has 0 atom stereocenters. The molecule has 0 spiro atoms. The fraction of sp³-hybridized carbons (Fsp3) is 0.400. The van der Waals surface area contributed by atoms with Crippen LogP contribution in [0.2, 0.25) is 0 Å². The maximum Gasteiger partial charge on any atom is 0.360 e. The number of aromatic nitrogens is 3. The third kappa shape index (κ3) is 3.04. The van der Waals surface area contributed by atoms with Crippen molar-refractivity contribution in [1.29, 1.82) is 0 Å². The van der Waals surface area contributed by atoms with E-state index in [0.717, 1.165) is 17.0 Å². The first-order valence-electron chi connectivity index (χ1n) is 6.72. The van der Waals surface area contributed by atoms with Crippen molar-refractivity contribution in [2.75, 3.05) is 14.2 Å². The summed E-state index contributed by atoms with van der Waals surface area (Å²) in [5, 5.41) is 8.04. The van der Waals surface area contributed by atoms with Gasteiger partial charge in [-0.15, -0.1) is 5.10 Å². The average Bonchev–Trinajstić information content (AvgIpc) is 2.90. The second-order valence-electron chi connectivity index (χ2n) is 4.94. The Balaban J connectivity index is 2.40. The van der Waals surface area contributed by atoms with Gasteiger partial charge in [0.2, 0.25) is 0 Å². The standard InChI is InChI=1S/C15H19N3O3/c1-10(2)14-13(15(19)21-4)16-17-18(14)9-11-7-5-6-8-12(11)20-3/h5-8,10H,9H2,1-4H3. The molecule has 2 aromatic rings. The number of para-hydroxylation sites is 1. The van der Waals surface area contributed by atoms with E-state index < -0.39 is 5.97 Å². The molecular weight excluding hydrogens is 270 g/mol. The Hall–Kier alpha value is -2.37. The Morgan fingerprint density at radius 2 is 2.00 bits per heavy atom. The highest BCUT2D eigenvalue weighted by Crippen LogP contribution is 2.23. The minimum absolute atomic E-state index is 0.101. The topological polar surface area (TPSA) is 66.2 Å². The minimum atomic E-state index is -0.468. The van der Waals surface area contributed by atoms with Crippen LogP contribution in [0.5, 0.6) is 5.75 Å². The predicted molar refractivity (Wildman–Crippen MR) is 77.5 cm³/mol. The van der Waals surface area contributed by atoms with Gasteiger partial charge >= 0.3 is 5.97 Å². The van der Waals surface area contributed by atoms with Gasteiger partial charge in [-0.1, -0.05) is 37.3 Å². The summed E-state index contributed by atoms with van der Waals surface area (Å²) in [6.45, 7) is 4.47. The van der Waals surface area contributed by atoms with E-state index >= 15 is 0 Å². The summed E-state index contributed by atoms with van der Waals surface area (Å²) in [5.41, 5.74) is 2.00. The van der Waals surface area contributed by atoms with Crippen LogP contribution in [-0.2, 0) is 11.3 Å². The molecule has 0 bridgehead atoms. The smallest absolute Gasteiger partial charge is 0.360 e. The first-order valence-corrected chi connectivity index (χ1v) is 6.72. The lowest BCUT2D eigenvalue weighted by Gasteiger charge is -2.12. The molecule has 0 amide bonds. The molecule has 2 rings (SSSR count). The number of hydrogen-bond donors (Lipinski definition) is 0. The van der Waals surface area contributed by atoms with E-state index in [1.54, 1.807) is 11.8 Å². The zero-order valence-electron chi connectivity index (χ0n) is 12.7. The van der Waals surface area contributed by atoms with Crippen molar-refractivity contribution >= 4 is 5.97 Å². The highest BCUT2D eigenvalue weighted by atomic mass is 16.5. The Bertz CT molecular complexity index is 635. The molecule has 0 aliphatic heterocycles. The van der Waals surface area contributed by atoms with Crippen LogP contribution >= 0.6 is 0 Å². The molecule has 0 radical (unpaired) electrons. The lowest BCUT2D eigenvalue weighted by molar-refractivity contribution is 0.0592. The van der Waals surface area contributed by atoms with E-state index in [2.05, 4.69) is 10.3 Å². The van der Waals surface area contributed by atoms with Crippen molar-refractivity contribution in [1.82, 2.24) is 15.0 Å². The summed E-state index contributed by atoms with van der Waals surface area (Å²) in [5.74, 6) is 0.413.